The molecule has 0 aliphatic rings. The fourth-order valence-corrected chi connectivity index (χ4v) is 2.62. The third kappa shape index (κ3) is 3.35. The maximum absolute atomic E-state index is 13.0. The zero-order valence-electron chi connectivity index (χ0n) is 10.3. The molecule has 2 rings (SSSR count). The predicted molar refractivity (Wildman–Crippen MR) is 79.0 cm³/mol. The molecule has 0 aliphatic heterocycles. The van der Waals surface area contributed by atoms with E-state index in [0.29, 0.717) is 17.0 Å². The maximum atomic E-state index is 13.0. The Morgan fingerprint density at radius 1 is 1.32 bits per heavy atom. The molecule has 1 unspecified atom stereocenters. The van der Waals surface area contributed by atoms with Gasteiger partial charge >= 0.3 is 0 Å². The molecule has 0 saturated heterocycles. The minimum Gasteiger partial charge on any atom is -0.388 e. The lowest BCUT2D eigenvalue weighted by Crippen LogP contribution is -2.04. The summed E-state index contributed by atoms with van der Waals surface area (Å²) in [5.74, 6) is -0.267. The quantitative estimate of drug-likeness (QED) is 0.846. The van der Waals surface area contributed by atoms with Gasteiger partial charge in [-0.1, -0.05) is 29.8 Å². The van der Waals surface area contributed by atoms with Crippen molar-refractivity contribution in [2.75, 3.05) is 0 Å². The topological polar surface area (TPSA) is 20.2 Å². The van der Waals surface area contributed by atoms with Crippen molar-refractivity contribution in [2.45, 2.75) is 19.4 Å². The van der Waals surface area contributed by atoms with Crippen LogP contribution in [0.5, 0.6) is 0 Å². The van der Waals surface area contributed by atoms with Crippen LogP contribution in [0.4, 0.5) is 4.39 Å². The van der Waals surface area contributed by atoms with Crippen molar-refractivity contribution in [2.24, 2.45) is 0 Å². The van der Waals surface area contributed by atoms with E-state index in [0.717, 1.165) is 15.6 Å². The molecule has 0 radical (unpaired) electrons. The molecule has 0 aromatic heterocycles. The molecule has 19 heavy (non-hydrogen) atoms. The molecule has 0 amide bonds. The van der Waals surface area contributed by atoms with Crippen molar-refractivity contribution in [3.05, 3.63) is 68.4 Å². The second-order valence-electron chi connectivity index (χ2n) is 4.43. The highest BCUT2D eigenvalue weighted by Crippen LogP contribution is 2.32. The van der Waals surface area contributed by atoms with Crippen LogP contribution in [-0.2, 0) is 6.42 Å². The molecular weight excluding hydrogens is 331 g/mol. The van der Waals surface area contributed by atoms with Crippen molar-refractivity contribution in [1.82, 2.24) is 0 Å². The zero-order chi connectivity index (χ0) is 14.0. The van der Waals surface area contributed by atoms with E-state index in [-0.39, 0.29) is 5.82 Å². The normalized spacial score (nSPS) is 12.5. The summed E-state index contributed by atoms with van der Waals surface area (Å²) >= 11 is 9.48. The van der Waals surface area contributed by atoms with Crippen molar-refractivity contribution in [3.63, 3.8) is 0 Å². The van der Waals surface area contributed by atoms with Gasteiger partial charge < -0.3 is 5.11 Å². The molecule has 100 valence electrons. The van der Waals surface area contributed by atoms with Crippen molar-refractivity contribution < 1.29 is 9.50 Å². The smallest absolute Gasteiger partial charge is 0.123 e. The van der Waals surface area contributed by atoms with E-state index >= 15 is 0 Å². The lowest BCUT2D eigenvalue weighted by atomic mass is 9.98. The van der Waals surface area contributed by atoms with Crippen molar-refractivity contribution in [1.29, 1.82) is 0 Å². The van der Waals surface area contributed by atoms with Crippen LogP contribution in [0.2, 0.25) is 5.02 Å². The Morgan fingerprint density at radius 3 is 2.74 bits per heavy atom. The Balaban J connectivity index is 2.25. The minimum absolute atomic E-state index is 0.267. The first-order valence-electron chi connectivity index (χ1n) is 5.86. The maximum Gasteiger partial charge on any atom is 0.123 e. The van der Waals surface area contributed by atoms with E-state index in [1.165, 1.54) is 12.1 Å². The molecule has 2 aromatic rings. The van der Waals surface area contributed by atoms with E-state index in [4.69, 9.17) is 11.6 Å². The number of hydrogen-bond donors (Lipinski definition) is 1. The van der Waals surface area contributed by atoms with Gasteiger partial charge in [0.25, 0.3) is 0 Å². The molecule has 1 N–H and O–H groups in total. The summed E-state index contributed by atoms with van der Waals surface area (Å²) in [6.07, 6.45) is -0.309. The van der Waals surface area contributed by atoms with Crippen LogP contribution in [-0.4, -0.2) is 5.11 Å². The van der Waals surface area contributed by atoms with E-state index in [1.807, 2.05) is 19.1 Å². The zero-order valence-corrected chi connectivity index (χ0v) is 12.7. The summed E-state index contributed by atoms with van der Waals surface area (Å²) in [6, 6.07) is 9.99. The number of aryl methyl sites for hydroxylation is 1. The Bertz CT molecular complexity index is 601. The number of benzene rings is 2. The summed E-state index contributed by atoms with van der Waals surface area (Å²) in [5.41, 5.74) is 2.40. The second-order valence-corrected chi connectivity index (χ2v) is 5.67. The van der Waals surface area contributed by atoms with Crippen LogP contribution in [0.3, 0.4) is 0 Å². The van der Waals surface area contributed by atoms with Gasteiger partial charge in [-0.15, -0.1) is 0 Å². The summed E-state index contributed by atoms with van der Waals surface area (Å²) in [7, 11) is 0. The average molecular weight is 344 g/mol. The molecule has 0 bridgehead atoms. The molecule has 2 aromatic carbocycles. The molecule has 0 aliphatic carbocycles. The first-order valence-corrected chi connectivity index (χ1v) is 7.03. The first-order chi connectivity index (χ1) is 8.99. The molecule has 4 heteroatoms. The van der Waals surface area contributed by atoms with Gasteiger partial charge in [-0.05, 0) is 52.2 Å². The van der Waals surface area contributed by atoms with Crippen LogP contribution in [0.15, 0.2) is 40.9 Å². The Morgan fingerprint density at radius 2 is 2.05 bits per heavy atom. The van der Waals surface area contributed by atoms with Gasteiger partial charge in [0.15, 0.2) is 0 Å². The number of rotatable bonds is 3. The predicted octanol–water partition coefficient (Wildman–Crippen LogP) is 4.83. The van der Waals surface area contributed by atoms with E-state index in [1.54, 1.807) is 12.1 Å². The summed E-state index contributed by atoms with van der Waals surface area (Å²) < 4.78 is 13.8. The fraction of sp³-hybridized carbons (Fsp3) is 0.200. The second kappa shape index (κ2) is 6.04. The van der Waals surface area contributed by atoms with Gasteiger partial charge in [-0.3, -0.25) is 0 Å². The van der Waals surface area contributed by atoms with E-state index in [2.05, 4.69) is 15.9 Å². The molecular formula is C15H13BrClFO. The number of aliphatic hydroxyl groups excluding tert-OH is 1. The Labute approximate surface area is 125 Å². The lowest BCUT2D eigenvalue weighted by Gasteiger charge is -2.15. The molecule has 0 heterocycles. The summed E-state index contributed by atoms with van der Waals surface area (Å²) in [4.78, 5) is 0. The SMILES string of the molecule is Cc1cc(F)ccc1CC(O)c1cccc(Br)c1Cl. The van der Waals surface area contributed by atoms with Gasteiger partial charge in [0, 0.05) is 16.5 Å². The monoisotopic (exact) mass is 342 g/mol. The van der Waals surface area contributed by atoms with Gasteiger partial charge in [-0.25, -0.2) is 4.39 Å². The molecule has 0 spiro atoms. The first kappa shape index (κ1) is 14.5. The summed E-state index contributed by atoms with van der Waals surface area (Å²) in [5, 5.41) is 10.8. The van der Waals surface area contributed by atoms with Gasteiger partial charge in [0.2, 0.25) is 0 Å². The number of aliphatic hydroxyl groups is 1. The third-order valence-corrected chi connectivity index (χ3v) is 4.37. The number of halogens is 3. The minimum atomic E-state index is -0.714. The largest absolute Gasteiger partial charge is 0.388 e. The number of hydrogen-bond acceptors (Lipinski definition) is 1. The third-order valence-electron chi connectivity index (χ3n) is 3.06. The van der Waals surface area contributed by atoms with Crippen LogP contribution in [0.1, 0.15) is 22.8 Å². The molecule has 1 atom stereocenters. The van der Waals surface area contributed by atoms with Crippen LogP contribution < -0.4 is 0 Å². The standard InChI is InChI=1S/C15H13BrClFO/c1-9-7-11(18)6-5-10(9)8-14(19)12-3-2-4-13(16)15(12)17/h2-7,14,19H,8H2,1H3. The molecule has 0 saturated carbocycles. The molecule has 1 nitrogen and oxygen atoms in total. The highest BCUT2D eigenvalue weighted by atomic mass is 79.9. The average Bonchev–Trinajstić information content (AvgIpc) is 2.36. The van der Waals surface area contributed by atoms with Crippen LogP contribution >= 0.6 is 27.5 Å². The van der Waals surface area contributed by atoms with Crippen molar-refractivity contribution in [3.8, 4) is 0 Å². The van der Waals surface area contributed by atoms with E-state index < -0.39 is 6.10 Å². The van der Waals surface area contributed by atoms with Gasteiger partial charge in [-0.2, -0.15) is 0 Å². The van der Waals surface area contributed by atoms with Crippen molar-refractivity contribution >= 4 is 27.5 Å². The van der Waals surface area contributed by atoms with Crippen LogP contribution in [0.25, 0.3) is 0 Å². The van der Waals surface area contributed by atoms with E-state index in [9.17, 15) is 9.50 Å². The highest BCUT2D eigenvalue weighted by Gasteiger charge is 2.15. The van der Waals surface area contributed by atoms with Gasteiger partial charge in [0.05, 0.1) is 11.1 Å². The molecule has 0 fully saturated rings. The highest BCUT2D eigenvalue weighted by molar-refractivity contribution is 9.10. The Kier molecular flexibility index (Phi) is 4.61. The Hall–Kier alpha value is -0.900. The summed E-state index contributed by atoms with van der Waals surface area (Å²) in [6.45, 7) is 1.83. The fourth-order valence-electron chi connectivity index (χ4n) is 1.98. The van der Waals surface area contributed by atoms with Gasteiger partial charge in [0.1, 0.15) is 5.82 Å². The van der Waals surface area contributed by atoms with Crippen LogP contribution in [0, 0.1) is 12.7 Å². The lowest BCUT2D eigenvalue weighted by molar-refractivity contribution is 0.178.